The second-order valence-electron chi connectivity index (χ2n) is 2.96. The molecular weight excluding hydrogens is 213 g/mol. The third-order valence-corrected chi connectivity index (χ3v) is 2.27. The van der Waals surface area contributed by atoms with E-state index in [0.29, 0.717) is 11.2 Å². The van der Waals surface area contributed by atoms with Gasteiger partial charge in [-0.15, -0.1) is 0 Å². The molecule has 0 radical (unpaired) electrons. The molecule has 0 saturated carbocycles. The lowest BCUT2D eigenvalue weighted by Crippen LogP contribution is -2.13. The molecule has 0 fully saturated rings. The summed E-state index contributed by atoms with van der Waals surface area (Å²) in [7, 11) is 0. The summed E-state index contributed by atoms with van der Waals surface area (Å²) < 4.78 is 37.7. The van der Waals surface area contributed by atoms with Crippen LogP contribution in [0.4, 0.5) is 13.2 Å². The van der Waals surface area contributed by atoms with E-state index >= 15 is 0 Å². The third kappa shape index (κ3) is 2.87. The Kier molecular flexibility index (Phi) is 3.36. The average Bonchev–Trinajstić information content (AvgIpc) is 2.41. The van der Waals surface area contributed by atoms with Crippen LogP contribution < -0.4 is 0 Å². The highest BCUT2D eigenvalue weighted by atomic mass is 32.1. The molecule has 0 saturated heterocycles. The Balaban J connectivity index is 2.75. The summed E-state index contributed by atoms with van der Waals surface area (Å²) in [6.45, 7) is 1.77. The highest BCUT2D eigenvalue weighted by Crippen LogP contribution is 2.20. The van der Waals surface area contributed by atoms with Gasteiger partial charge in [-0.3, -0.25) is 0 Å². The molecule has 0 atom stereocenters. The molecule has 0 unspecified atom stereocenters. The summed E-state index contributed by atoms with van der Waals surface area (Å²) in [6, 6.07) is 0. The standard InChI is InChI=1S/C8H11F3N2S/c1-2-6-5-12-7(14)13(6)4-3-8(9,10)11/h5H,2-4H2,1H3,(H,12,14). The fourth-order valence-corrected chi connectivity index (χ4v) is 1.48. The first-order chi connectivity index (χ1) is 6.44. The maximum atomic E-state index is 12.0. The number of imidazole rings is 1. The van der Waals surface area contributed by atoms with E-state index in [1.54, 1.807) is 6.20 Å². The van der Waals surface area contributed by atoms with Crippen LogP contribution in [0.5, 0.6) is 0 Å². The van der Waals surface area contributed by atoms with Gasteiger partial charge in [-0.2, -0.15) is 13.2 Å². The Hall–Kier alpha value is -0.780. The fourth-order valence-electron chi connectivity index (χ4n) is 1.21. The predicted molar refractivity (Wildman–Crippen MR) is 49.7 cm³/mol. The van der Waals surface area contributed by atoms with Gasteiger partial charge in [0.25, 0.3) is 0 Å². The van der Waals surface area contributed by atoms with Crippen molar-refractivity contribution >= 4 is 12.2 Å². The molecule has 0 bridgehead atoms. The van der Waals surface area contributed by atoms with Crippen molar-refractivity contribution in [2.75, 3.05) is 0 Å². The molecule has 0 aliphatic carbocycles. The van der Waals surface area contributed by atoms with E-state index in [-0.39, 0.29) is 6.54 Å². The topological polar surface area (TPSA) is 20.7 Å². The van der Waals surface area contributed by atoms with Gasteiger partial charge in [0, 0.05) is 18.4 Å². The molecule has 0 aliphatic heterocycles. The van der Waals surface area contributed by atoms with Gasteiger partial charge < -0.3 is 9.55 Å². The highest BCUT2D eigenvalue weighted by Gasteiger charge is 2.26. The lowest BCUT2D eigenvalue weighted by atomic mass is 10.3. The van der Waals surface area contributed by atoms with E-state index in [1.807, 2.05) is 6.92 Å². The highest BCUT2D eigenvalue weighted by molar-refractivity contribution is 7.71. The quantitative estimate of drug-likeness (QED) is 0.782. The zero-order chi connectivity index (χ0) is 10.8. The van der Waals surface area contributed by atoms with Crippen LogP contribution in [-0.2, 0) is 13.0 Å². The number of hydrogen-bond donors (Lipinski definition) is 1. The van der Waals surface area contributed by atoms with Crippen LogP contribution in [0.15, 0.2) is 6.20 Å². The molecule has 0 spiro atoms. The minimum absolute atomic E-state index is 0.102. The van der Waals surface area contributed by atoms with E-state index in [1.165, 1.54) is 4.57 Å². The Bertz CT molecular complexity index is 350. The van der Waals surface area contributed by atoms with Crippen molar-refractivity contribution in [1.82, 2.24) is 9.55 Å². The smallest absolute Gasteiger partial charge is 0.337 e. The second-order valence-corrected chi connectivity index (χ2v) is 3.34. The maximum absolute atomic E-state index is 12.0. The molecule has 1 N–H and O–H groups in total. The minimum atomic E-state index is -4.13. The lowest BCUT2D eigenvalue weighted by Gasteiger charge is -2.09. The molecule has 14 heavy (non-hydrogen) atoms. The summed E-state index contributed by atoms with van der Waals surface area (Å²) in [5, 5.41) is 0. The first-order valence-electron chi connectivity index (χ1n) is 4.28. The van der Waals surface area contributed by atoms with Gasteiger partial charge in [0.1, 0.15) is 0 Å². The van der Waals surface area contributed by atoms with Crippen LogP contribution in [0.2, 0.25) is 0 Å². The maximum Gasteiger partial charge on any atom is 0.390 e. The van der Waals surface area contributed by atoms with Crippen LogP contribution in [0.25, 0.3) is 0 Å². The van der Waals surface area contributed by atoms with E-state index in [9.17, 15) is 13.2 Å². The molecule has 1 aromatic rings. The number of aromatic nitrogens is 2. The third-order valence-electron chi connectivity index (χ3n) is 1.94. The van der Waals surface area contributed by atoms with Crippen LogP contribution >= 0.6 is 12.2 Å². The van der Waals surface area contributed by atoms with Crippen molar-refractivity contribution in [3.63, 3.8) is 0 Å². The van der Waals surface area contributed by atoms with Gasteiger partial charge in [0.05, 0.1) is 6.42 Å². The monoisotopic (exact) mass is 224 g/mol. The van der Waals surface area contributed by atoms with Gasteiger partial charge in [0.15, 0.2) is 4.77 Å². The molecular formula is C8H11F3N2S. The first-order valence-corrected chi connectivity index (χ1v) is 4.68. The molecule has 80 valence electrons. The predicted octanol–water partition coefficient (Wildman–Crippen LogP) is 3.06. The normalized spacial score (nSPS) is 12.0. The van der Waals surface area contributed by atoms with Crippen molar-refractivity contribution in [3.8, 4) is 0 Å². The van der Waals surface area contributed by atoms with E-state index < -0.39 is 12.6 Å². The van der Waals surface area contributed by atoms with Crippen molar-refractivity contribution in [1.29, 1.82) is 0 Å². The summed E-state index contributed by atoms with van der Waals surface area (Å²) in [4.78, 5) is 2.73. The number of halogens is 3. The number of rotatable bonds is 3. The summed E-state index contributed by atoms with van der Waals surface area (Å²) in [5.41, 5.74) is 0.805. The summed E-state index contributed by atoms with van der Waals surface area (Å²) in [5.74, 6) is 0. The number of H-pyrrole nitrogens is 1. The van der Waals surface area contributed by atoms with Crippen LogP contribution in [0.1, 0.15) is 19.0 Å². The number of nitrogens with one attached hydrogen (secondary N) is 1. The van der Waals surface area contributed by atoms with Crippen LogP contribution in [0.3, 0.4) is 0 Å². The summed E-state index contributed by atoms with van der Waals surface area (Å²) in [6.07, 6.45) is -2.65. The molecule has 0 aliphatic rings. The minimum Gasteiger partial charge on any atom is -0.337 e. The SMILES string of the molecule is CCc1c[nH]c(=S)n1CCC(F)(F)F. The molecule has 6 heteroatoms. The fraction of sp³-hybridized carbons (Fsp3) is 0.625. The van der Waals surface area contributed by atoms with Gasteiger partial charge in [-0.05, 0) is 18.6 Å². The Morgan fingerprint density at radius 3 is 2.64 bits per heavy atom. The van der Waals surface area contributed by atoms with E-state index in [2.05, 4.69) is 4.98 Å². The van der Waals surface area contributed by atoms with Gasteiger partial charge in [0.2, 0.25) is 0 Å². The Labute approximate surface area is 84.8 Å². The zero-order valence-electron chi connectivity index (χ0n) is 7.69. The number of nitrogens with zero attached hydrogens (tertiary/aromatic N) is 1. The number of alkyl halides is 3. The Morgan fingerprint density at radius 2 is 2.14 bits per heavy atom. The molecule has 0 amide bonds. The van der Waals surface area contributed by atoms with Gasteiger partial charge in [-0.25, -0.2) is 0 Å². The van der Waals surface area contributed by atoms with Crippen molar-refractivity contribution in [2.45, 2.75) is 32.5 Å². The van der Waals surface area contributed by atoms with Crippen molar-refractivity contribution in [2.24, 2.45) is 0 Å². The van der Waals surface area contributed by atoms with Crippen molar-refractivity contribution < 1.29 is 13.2 Å². The summed E-state index contributed by atoms with van der Waals surface area (Å²) >= 11 is 4.87. The molecule has 1 heterocycles. The van der Waals surface area contributed by atoms with Crippen LogP contribution in [0, 0.1) is 4.77 Å². The zero-order valence-corrected chi connectivity index (χ0v) is 8.50. The molecule has 1 rings (SSSR count). The van der Waals surface area contributed by atoms with Gasteiger partial charge in [-0.1, -0.05) is 6.92 Å². The average molecular weight is 224 g/mol. The van der Waals surface area contributed by atoms with E-state index in [4.69, 9.17) is 12.2 Å². The first kappa shape index (κ1) is 11.3. The molecule has 1 aromatic heterocycles. The van der Waals surface area contributed by atoms with Gasteiger partial charge >= 0.3 is 6.18 Å². The molecule has 2 nitrogen and oxygen atoms in total. The van der Waals surface area contributed by atoms with Crippen LogP contribution in [-0.4, -0.2) is 15.7 Å². The second kappa shape index (κ2) is 4.16. The number of aromatic amines is 1. The number of aryl methyl sites for hydroxylation is 1. The Morgan fingerprint density at radius 1 is 1.50 bits per heavy atom. The van der Waals surface area contributed by atoms with E-state index in [0.717, 1.165) is 5.69 Å². The van der Waals surface area contributed by atoms with Crippen molar-refractivity contribution in [3.05, 3.63) is 16.7 Å². The largest absolute Gasteiger partial charge is 0.390 e. The lowest BCUT2D eigenvalue weighted by molar-refractivity contribution is -0.136. The molecule has 0 aromatic carbocycles. The number of hydrogen-bond acceptors (Lipinski definition) is 1.